The summed E-state index contributed by atoms with van der Waals surface area (Å²) in [7, 11) is 0. The summed E-state index contributed by atoms with van der Waals surface area (Å²) >= 11 is 1.24. The highest BCUT2D eigenvalue weighted by Gasteiger charge is 2.47. The fourth-order valence-electron chi connectivity index (χ4n) is 6.18. The van der Waals surface area contributed by atoms with Gasteiger partial charge < -0.3 is 33.7 Å². The molecule has 1 amide bonds. The van der Waals surface area contributed by atoms with Crippen LogP contribution in [0.4, 0.5) is 18.0 Å². The molecule has 2 aromatic carbocycles. The number of hydrogen-bond acceptors (Lipinski definition) is 14. The van der Waals surface area contributed by atoms with E-state index in [-0.39, 0.29) is 54.9 Å². The van der Waals surface area contributed by atoms with Crippen LogP contribution < -0.4 is 5.32 Å². The largest absolute Gasteiger partial charge is 0.512 e. The van der Waals surface area contributed by atoms with E-state index in [4.69, 9.17) is 33.7 Å². The van der Waals surface area contributed by atoms with Crippen molar-refractivity contribution in [2.75, 3.05) is 52.6 Å². The molecule has 59 heavy (non-hydrogen) atoms. The first-order chi connectivity index (χ1) is 28.4. The number of esters is 1. The van der Waals surface area contributed by atoms with Crippen LogP contribution in [-0.2, 0) is 50.2 Å². The van der Waals surface area contributed by atoms with Gasteiger partial charge in [-0.15, -0.1) is 11.8 Å². The van der Waals surface area contributed by atoms with Crippen molar-refractivity contribution >= 4 is 35.9 Å². The highest BCUT2D eigenvalue weighted by Crippen LogP contribution is 2.42. The zero-order chi connectivity index (χ0) is 42.2. The zero-order valence-electron chi connectivity index (χ0n) is 32.5. The lowest BCUT2D eigenvalue weighted by Gasteiger charge is -2.40. The fourth-order valence-corrected chi connectivity index (χ4v) is 7.55. The van der Waals surface area contributed by atoms with Gasteiger partial charge in [0.2, 0.25) is 12.2 Å². The number of nitrogens with zero attached hydrogens (tertiary/aromatic N) is 5. The Hall–Kier alpha value is -5.26. The van der Waals surface area contributed by atoms with Crippen LogP contribution in [0.25, 0.3) is 6.08 Å². The number of amides is 1. The summed E-state index contributed by atoms with van der Waals surface area (Å²) in [6.45, 7) is 6.86. The van der Waals surface area contributed by atoms with Crippen LogP contribution in [0.5, 0.6) is 0 Å². The number of carbonyl (C=O) groups is 3. The molecule has 2 fully saturated rings. The molecule has 5 rings (SSSR count). The van der Waals surface area contributed by atoms with Crippen molar-refractivity contribution in [3.63, 3.8) is 0 Å². The normalized spacial score (nSPS) is 19.4. The van der Waals surface area contributed by atoms with Crippen LogP contribution in [-0.4, -0.2) is 113 Å². The van der Waals surface area contributed by atoms with Gasteiger partial charge >= 0.3 is 12.1 Å². The molecule has 0 aliphatic carbocycles. The fraction of sp³-hybridized carbons (Fsp3) is 0.450. The first kappa shape index (κ1) is 44.8. The van der Waals surface area contributed by atoms with Gasteiger partial charge in [-0.1, -0.05) is 24.3 Å². The Morgan fingerprint density at radius 1 is 1.05 bits per heavy atom. The lowest BCUT2D eigenvalue weighted by molar-refractivity contribution is -0.172. The van der Waals surface area contributed by atoms with Crippen LogP contribution in [0, 0.1) is 28.8 Å². The number of hydrogen-bond donors (Lipinski definition) is 1. The minimum absolute atomic E-state index is 0.150. The van der Waals surface area contributed by atoms with Gasteiger partial charge in [-0.25, -0.2) is 27.6 Å². The standard InChI is InChI=1S/C40H45F3N6O9S/c1-27(59-32-22-54-38(55-23-32)6-4-3-5-30-8-7-29(21-44)19-34(30)42)40(24-49-26-45-25-47-49,33-10-9-31(41)20-35(33)43)58-39(52)57-28(2)56-37(51)12-11-36(50)46-13-14-48-15-17-53-18-16-48/h3-10,19-20,25-28,32,38H,11-18,22-24H2,1-2H3,(H,46,50)/b5-3+,6-4+/t27-,28?,32?,38?,40-/m1/s1. The average molecular weight is 843 g/mol. The highest BCUT2D eigenvalue weighted by molar-refractivity contribution is 8.00. The van der Waals surface area contributed by atoms with Gasteiger partial charge in [0.15, 0.2) is 11.9 Å². The van der Waals surface area contributed by atoms with Crippen LogP contribution in [0.15, 0.2) is 67.3 Å². The molecule has 15 nitrogen and oxygen atoms in total. The second-order valence-electron chi connectivity index (χ2n) is 13.5. The Bertz CT molecular complexity index is 1970. The number of benzene rings is 2. The molecule has 3 aromatic rings. The third kappa shape index (κ3) is 13.6. The van der Waals surface area contributed by atoms with E-state index in [2.05, 4.69) is 20.3 Å². The predicted octanol–water partition coefficient (Wildman–Crippen LogP) is 4.87. The van der Waals surface area contributed by atoms with Crippen molar-refractivity contribution < 1.29 is 56.0 Å². The first-order valence-electron chi connectivity index (χ1n) is 18.8. The number of ether oxygens (including phenoxy) is 6. The van der Waals surface area contributed by atoms with Crippen LogP contribution in [0.3, 0.4) is 0 Å². The average Bonchev–Trinajstić information content (AvgIpc) is 3.72. The Balaban J connectivity index is 1.20. The second kappa shape index (κ2) is 22.2. The number of nitriles is 1. The molecular formula is C40H45F3N6O9S. The molecule has 1 aromatic heterocycles. The molecular weight excluding hydrogens is 798 g/mol. The number of halogens is 3. The number of allylic oxidation sites excluding steroid dienone is 2. The third-order valence-electron chi connectivity index (χ3n) is 9.22. The molecule has 0 spiro atoms. The van der Waals surface area contributed by atoms with Gasteiger partial charge in [0.1, 0.15) is 30.1 Å². The molecule has 0 bridgehead atoms. The Morgan fingerprint density at radius 3 is 2.53 bits per heavy atom. The molecule has 0 saturated carbocycles. The van der Waals surface area contributed by atoms with Gasteiger partial charge in [-0.3, -0.25) is 14.5 Å². The Kier molecular flexibility index (Phi) is 16.9. The SMILES string of the molecule is CC(OC(=O)CCC(=O)NCCN1CCOCC1)OC(=O)O[C@@](Cn1cncn1)(c1ccc(F)cc1F)[C@@H](C)SC1COC(/C=C/C=C/c2ccc(C#N)cc2F)OC1. The second-order valence-corrected chi connectivity index (χ2v) is 15.1. The monoisotopic (exact) mass is 842 g/mol. The van der Waals surface area contributed by atoms with Gasteiger partial charge in [0.05, 0.1) is 56.3 Å². The minimum atomic E-state index is -1.92. The number of nitrogens with one attached hydrogen (secondary N) is 1. The number of carbonyl (C=O) groups excluding carboxylic acids is 3. The van der Waals surface area contributed by atoms with E-state index in [9.17, 15) is 23.2 Å². The van der Waals surface area contributed by atoms with Gasteiger partial charge in [-0.05, 0) is 37.3 Å². The van der Waals surface area contributed by atoms with E-state index in [1.54, 1.807) is 25.2 Å². The third-order valence-corrected chi connectivity index (χ3v) is 10.7. The Morgan fingerprint density at radius 2 is 1.83 bits per heavy atom. The van der Waals surface area contributed by atoms with E-state index < -0.39 is 53.0 Å². The van der Waals surface area contributed by atoms with Crippen molar-refractivity contribution in [2.24, 2.45) is 0 Å². The molecule has 2 saturated heterocycles. The number of thioether (sulfide) groups is 1. The van der Waals surface area contributed by atoms with Crippen LogP contribution in [0.1, 0.15) is 43.4 Å². The molecule has 3 heterocycles. The van der Waals surface area contributed by atoms with Gasteiger partial charge in [0.25, 0.3) is 0 Å². The van der Waals surface area contributed by atoms with E-state index in [1.807, 2.05) is 6.07 Å². The van der Waals surface area contributed by atoms with Crippen molar-refractivity contribution in [1.29, 1.82) is 5.26 Å². The first-order valence-corrected chi connectivity index (χ1v) is 19.8. The predicted molar refractivity (Wildman–Crippen MR) is 207 cm³/mol. The van der Waals surface area contributed by atoms with Crippen LogP contribution >= 0.6 is 11.8 Å². The molecule has 2 aliphatic rings. The highest BCUT2D eigenvalue weighted by atomic mass is 32.2. The molecule has 0 radical (unpaired) electrons. The quantitative estimate of drug-likeness (QED) is 0.104. The van der Waals surface area contributed by atoms with Gasteiger partial charge in [-0.2, -0.15) is 10.4 Å². The summed E-state index contributed by atoms with van der Waals surface area (Å²) in [5.74, 6) is -3.56. The summed E-state index contributed by atoms with van der Waals surface area (Å²) in [5.41, 5.74) is -1.60. The van der Waals surface area contributed by atoms with Crippen LogP contribution in [0.2, 0.25) is 0 Å². The van der Waals surface area contributed by atoms with E-state index in [0.29, 0.717) is 37.9 Å². The van der Waals surface area contributed by atoms with E-state index in [0.717, 1.165) is 31.3 Å². The zero-order valence-corrected chi connectivity index (χ0v) is 33.3. The molecule has 1 unspecified atom stereocenters. The van der Waals surface area contributed by atoms with Crippen molar-refractivity contribution in [3.05, 3.63) is 101 Å². The summed E-state index contributed by atoms with van der Waals surface area (Å²) in [6.07, 6.45) is 4.98. The maximum absolute atomic E-state index is 15.8. The van der Waals surface area contributed by atoms with Crippen molar-refractivity contribution in [1.82, 2.24) is 25.0 Å². The summed E-state index contributed by atoms with van der Waals surface area (Å²) < 4.78 is 79.0. The molecule has 316 valence electrons. The van der Waals surface area contributed by atoms with E-state index >= 15 is 4.39 Å². The maximum Gasteiger partial charge on any atom is 0.512 e. The lowest BCUT2D eigenvalue weighted by atomic mass is 9.89. The summed E-state index contributed by atoms with van der Waals surface area (Å²) in [6, 6.07) is 8.88. The van der Waals surface area contributed by atoms with E-state index in [1.165, 1.54) is 54.2 Å². The Labute approximate surface area is 343 Å². The molecule has 1 N–H and O–H groups in total. The number of aromatic nitrogens is 3. The lowest BCUT2D eigenvalue weighted by Crippen LogP contribution is -2.47. The van der Waals surface area contributed by atoms with Gasteiger partial charge in [0, 0.05) is 62.0 Å². The molecule has 19 heteroatoms. The maximum atomic E-state index is 15.8. The number of rotatable bonds is 18. The van der Waals surface area contributed by atoms with Crippen molar-refractivity contribution in [2.45, 2.75) is 61.9 Å². The molecule has 3 atom stereocenters. The van der Waals surface area contributed by atoms with Crippen molar-refractivity contribution in [3.8, 4) is 6.07 Å². The molecule has 2 aliphatic heterocycles. The number of morpholine rings is 1. The smallest absolute Gasteiger partial charge is 0.425 e. The topological polar surface area (TPSA) is 176 Å². The summed E-state index contributed by atoms with van der Waals surface area (Å²) in [4.78, 5) is 44.4. The minimum Gasteiger partial charge on any atom is -0.425 e. The summed E-state index contributed by atoms with van der Waals surface area (Å²) in [5, 5.41) is 14.6.